The predicted molar refractivity (Wildman–Crippen MR) is 65.5 cm³/mol. The summed E-state index contributed by atoms with van der Waals surface area (Å²) < 4.78 is 0. The predicted octanol–water partition coefficient (Wildman–Crippen LogP) is 1.57. The van der Waals surface area contributed by atoms with Gasteiger partial charge in [0.25, 0.3) is 0 Å². The molecule has 2 N–H and O–H groups in total. The lowest BCUT2D eigenvalue weighted by molar-refractivity contribution is 0.936. The molecule has 0 rings (SSSR count). The molecule has 0 aromatic carbocycles. The zero-order chi connectivity index (χ0) is 10.6. The molecule has 0 aliphatic heterocycles. The third-order valence-electron chi connectivity index (χ3n) is 1.04. The number of thiocarbonyl (C=S) groups is 1. The molecule has 0 aromatic rings. The van der Waals surface area contributed by atoms with Crippen molar-refractivity contribution in [2.75, 3.05) is 0 Å². The van der Waals surface area contributed by atoms with Crippen LogP contribution < -0.4 is 10.9 Å². The number of hydrogen-bond donors (Lipinski definition) is 2. The molecule has 0 saturated heterocycles. The van der Waals surface area contributed by atoms with E-state index in [9.17, 15) is 0 Å². The van der Waals surface area contributed by atoms with Gasteiger partial charge < -0.3 is 0 Å². The summed E-state index contributed by atoms with van der Waals surface area (Å²) in [5.74, 6) is 0. The summed E-state index contributed by atoms with van der Waals surface area (Å²) in [6.07, 6.45) is 10.5. The van der Waals surface area contributed by atoms with Crippen LogP contribution in [0.4, 0.5) is 0 Å². The Morgan fingerprint density at radius 2 is 1.43 bits per heavy atom. The number of nitrogens with one attached hydrogen (secondary N) is 2. The summed E-state index contributed by atoms with van der Waals surface area (Å²) >= 11 is 4.86. The van der Waals surface area contributed by atoms with Crippen molar-refractivity contribution in [2.24, 2.45) is 10.2 Å². The number of nitrogens with zero attached hydrogens (tertiary/aromatic N) is 2. The summed E-state index contributed by atoms with van der Waals surface area (Å²) in [6.45, 7) is 3.81. The minimum Gasteiger partial charge on any atom is -0.252 e. The largest absolute Gasteiger partial charge is 0.252 e. The molecule has 0 aromatic heterocycles. The second-order valence-electron chi connectivity index (χ2n) is 2.16. The Morgan fingerprint density at radius 3 is 1.79 bits per heavy atom. The van der Waals surface area contributed by atoms with E-state index in [2.05, 4.69) is 21.1 Å². The summed E-state index contributed by atoms with van der Waals surface area (Å²) in [5.41, 5.74) is 5.19. The Hall–Kier alpha value is -1.49. The lowest BCUT2D eigenvalue weighted by atomic mass is 10.6. The molecule has 0 amide bonds. The lowest BCUT2D eigenvalue weighted by Gasteiger charge is -1.98. The third-order valence-corrected chi connectivity index (χ3v) is 1.22. The topological polar surface area (TPSA) is 48.8 Å². The van der Waals surface area contributed by atoms with E-state index < -0.39 is 0 Å². The minimum atomic E-state index is 0.353. The normalized spacial score (nSPS) is 12.1. The Bertz CT molecular complexity index is 240. The smallest absolute Gasteiger partial charge is 0.207 e. The highest BCUT2D eigenvalue weighted by atomic mass is 32.1. The highest BCUT2D eigenvalue weighted by Gasteiger charge is 1.85. The van der Waals surface area contributed by atoms with Crippen LogP contribution in [-0.2, 0) is 0 Å². The van der Waals surface area contributed by atoms with Crippen molar-refractivity contribution in [3.8, 4) is 0 Å². The number of hydrazone groups is 2. The van der Waals surface area contributed by atoms with Gasteiger partial charge in [-0.15, -0.1) is 0 Å². The molecule has 0 radical (unpaired) electrons. The molecule has 4 nitrogen and oxygen atoms in total. The maximum absolute atomic E-state index is 4.86. The van der Waals surface area contributed by atoms with Gasteiger partial charge in [0, 0.05) is 12.4 Å². The van der Waals surface area contributed by atoms with Crippen LogP contribution in [0, 0.1) is 0 Å². The van der Waals surface area contributed by atoms with E-state index in [1.807, 2.05) is 26.0 Å². The van der Waals surface area contributed by atoms with Gasteiger partial charge in [-0.05, 0) is 38.2 Å². The lowest BCUT2D eigenvalue weighted by Crippen LogP contribution is -2.27. The van der Waals surface area contributed by atoms with Gasteiger partial charge in [-0.25, -0.2) is 0 Å². The SMILES string of the molecule is C/C=C/C=N\NC(=S)N/N=C\C=C\C. The maximum atomic E-state index is 4.86. The average molecular weight is 210 g/mol. The number of rotatable bonds is 4. The zero-order valence-electron chi connectivity index (χ0n) is 8.27. The Labute approximate surface area is 89.5 Å². The molecule has 0 bridgehead atoms. The molecule has 0 atom stereocenters. The van der Waals surface area contributed by atoms with Crippen molar-refractivity contribution >= 4 is 29.8 Å². The fraction of sp³-hybridized carbons (Fsp3) is 0.222. The van der Waals surface area contributed by atoms with Gasteiger partial charge in [0.05, 0.1) is 0 Å². The Morgan fingerprint density at radius 1 is 1.00 bits per heavy atom. The molecule has 0 aliphatic carbocycles. The minimum absolute atomic E-state index is 0.353. The van der Waals surface area contributed by atoms with Crippen LogP contribution in [0.3, 0.4) is 0 Å². The van der Waals surface area contributed by atoms with Crippen molar-refractivity contribution in [3.05, 3.63) is 24.3 Å². The molecule has 0 fully saturated rings. The molecule has 0 heterocycles. The number of allylic oxidation sites excluding steroid dienone is 4. The molecular formula is C9H14N4S. The summed E-state index contributed by atoms with van der Waals surface area (Å²) in [5, 5.41) is 7.96. The van der Waals surface area contributed by atoms with Crippen molar-refractivity contribution in [1.29, 1.82) is 0 Å². The van der Waals surface area contributed by atoms with Crippen LogP contribution in [0.2, 0.25) is 0 Å². The van der Waals surface area contributed by atoms with Crippen molar-refractivity contribution in [1.82, 2.24) is 10.9 Å². The third kappa shape index (κ3) is 8.61. The van der Waals surface area contributed by atoms with Gasteiger partial charge in [-0.3, -0.25) is 10.9 Å². The van der Waals surface area contributed by atoms with Crippen molar-refractivity contribution < 1.29 is 0 Å². The maximum Gasteiger partial charge on any atom is 0.207 e. The fourth-order valence-electron chi connectivity index (χ4n) is 0.475. The van der Waals surface area contributed by atoms with E-state index in [-0.39, 0.29) is 0 Å². The monoisotopic (exact) mass is 210 g/mol. The van der Waals surface area contributed by atoms with Crippen molar-refractivity contribution in [3.63, 3.8) is 0 Å². The molecular weight excluding hydrogens is 196 g/mol. The van der Waals surface area contributed by atoms with Crippen molar-refractivity contribution in [2.45, 2.75) is 13.8 Å². The van der Waals surface area contributed by atoms with E-state index in [0.717, 1.165) is 0 Å². The van der Waals surface area contributed by atoms with Crippen LogP contribution in [0.15, 0.2) is 34.5 Å². The van der Waals surface area contributed by atoms with Crippen LogP contribution in [0.5, 0.6) is 0 Å². The van der Waals surface area contributed by atoms with Crippen LogP contribution in [-0.4, -0.2) is 17.5 Å². The van der Waals surface area contributed by atoms with Crippen LogP contribution in [0.1, 0.15) is 13.8 Å². The first kappa shape index (κ1) is 12.5. The molecule has 0 spiro atoms. The van der Waals surface area contributed by atoms with Crippen LogP contribution >= 0.6 is 12.2 Å². The Kier molecular flexibility index (Phi) is 8.58. The molecule has 0 aliphatic rings. The van der Waals surface area contributed by atoms with E-state index in [0.29, 0.717) is 5.11 Å². The second kappa shape index (κ2) is 9.60. The van der Waals surface area contributed by atoms with Gasteiger partial charge in [0.1, 0.15) is 0 Å². The first-order valence-electron chi connectivity index (χ1n) is 4.16. The highest BCUT2D eigenvalue weighted by molar-refractivity contribution is 7.80. The van der Waals surface area contributed by atoms with E-state index in [1.165, 1.54) is 0 Å². The van der Waals surface area contributed by atoms with Gasteiger partial charge in [-0.1, -0.05) is 12.2 Å². The second-order valence-corrected chi connectivity index (χ2v) is 2.57. The quantitative estimate of drug-likeness (QED) is 0.421. The number of hydrogen-bond acceptors (Lipinski definition) is 3. The zero-order valence-corrected chi connectivity index (χ0v) is 9.08. The molecule has 76 valence electrons. The average Bonchev–Trinajstić information content (AvgIpc) is 2.19. The summed E-state index contributed by atoms with van der Waals surface area (Å²) in [4.78, 5) is 0. The van der Waals surface area contributed by atoms with Gasteiger partial charge in [0.15, 0.2) is 0 Å². The van der Waals surface area contributed by atoms with Gasteiger partial charge >= 0.3 is 0 Å². The first-order chi connectivity index (χ1) is 6.81. The van der Waals surface area contributed by atoms with Crippen LogP contribution in [0.25, 0.3) is 0 Å². The first-order valence-corrected chi connectivity index (χ1v) is 4.56. The van der Waals surface area contributed by atoms with E-state index in [4.69, 9.17) is 12.2 Å². The van der Waals surface area contributed by atoms with E-state index >= 15 is 0 Å². The van der Waals surface area contributed by atoms with Gasteiger partial charge in [-0.2, -0.15) is 10.2 Å². The fourth-order valence-corrected chi connectivity index (χ4v) is 0.580. The highest BCUT2D eigenvalue weighted by Crippen LogP contribution is 1.69. The molecule has 0 unspecified atom stereocenters. The molecule has 0 saturated carbocycles. The summed E-state index contributed by atoms with van der Waals surface area (Å²) in [7, 11) is 0. The molecule has 14 heavy (non-hydrogen) atoms. The Balaban J connectivity index is 3.65. The standard InChI is InChI=1S/C9H14N4S/c1-3-5-7-10-12-9(14)13-11-8-6-4-2/h3-8H,1-2H3,(H2,12,13,14)/b5-3+,6-4+,10-7-,11-8-. The summed E-state index contributed by atoms with van der Waals surface area (Å²) in [6, 6.07) is 0. The van der Waals surface area contributed by atoms with E-state index in [1.54, 1.807) is 24.6 Å². The molecule has 5 heteroatoms. The van der Waals surface area contributed by atoms with Gasteiger partial charge in [0.2, 0.25) is 5.11 Å².